The Hall–Kier alpha value is 3.58. The van der Waals surface area contributed by atoms with Crippen molar-refractivity contribution in [2.24, 2.45) is 0 Å². The molecule has 0 amide bonds. The molecule has 1 radical (unpaired) electrons. The molecule has 1 aromatic heterocycles. The van der Waals surface area contributed by atoms with Gasteiger partial charge in [-0.15, -0.1) is 5.10 Å². The van der Waals surface area contributed by atoms with Gasteiger partial charge in [0.05, 0.1) is 17.7 Å². The van der Waals surface area contributed by atoms with E-state index in [2.05, 4.69) is 24.9 Å². The van der Waals surface area contributed by atoms with E-state index < -0.39 is 0 Å². The maximum absolute atomic E-state index is 9.61. The first-order valence-electron chi connectivity index (χ1n) is 4.00. The van der Waals surface area contributed by atoms with Gasteiger partial charge in [-0.2, -0.15) is 4.33 Å². The van der Waals surface area contributed by atoms with Gasteiger partial charge in [-0.3, -0.25) is 5.04 Å². The van der Waals surface area contributed by atoms with Gasteiger partial charge in [0.1, 0.15) is 0 Å². The average molecular weight is 719 g/mol. The molecule has 1 aromatic carbocycles. The fraction of sp³-hybridized carbons (Fsp3) is 0. The van der Waals surface area contributed by atoms with Crippen molar-refractivity contribution >= 4 is 93.6 Å². The first-order chi connectivity index (χ1) is 7.81. The van der Waals surface area contributed by atoms with Gasteiger partial charge in [0.2, 0.25) is 0 Å². The van der Waals surface area contributed by atoms with Gasteiger partial charge < -0.3 is 17.9 Å². The summed E-state index contributed by atoms with van der Waals surface area (Å²) < 4.78 is 5.58. The van der Waals surface area contributed by atoms with E-state index in [1.807, 2.05) is 0 Å². The summed E-state index contributed by atoms with van der Waals surface area (Å²) in [6, 6.07) is 6.91. The van der Waals surface area contributed by atoms with Crippen LogP contribution in [0.5, 0.6) is 0 Å². The Kier molecular flexibility index (Phi) is 18.3. The fourth-order valence-corrected chi connectivity index (χ4v) is 1.57. The van der Waals surface area contributed by atoms with Crippen LogP contribution >= 0.6 is 12.0 Å². The zero-order valence-corrected chi connectivity index (χ0v) is 26.3. The summed E-state index contributed by atoms with van der Waals surface area (Å²) in [5.74, 6) is 0. The Labute approximate surface area is 252 Å². The molecule has 0 unspecified atom stereocenters. The van der Waals surface area contributed by atoms with E-state index in [0.717, 1.165) is 17.7 Å². The van der Waals surface area contributed by atoms with E-state index in [-0.39, 0.29) is 165 Å². The maximum Gasteiger partial charge on any atom is 1.00 e. The molecule has 0 aliphatic carbocycles. The molecule has 0 aliphatic heterocycles. The van der Waals surface area contributed by atoms with Gasteiger partial charge in [0.25, 0.3) is 0 Å². The van der Waals surface area contributed by atoms with Crippen LogP contribution in [-0.2, 0) is 44.4 Å². The molecular weight excluding hydrogens is 715 g/mol. The van der Waals surface area contributed by atoms with Crippen LogP contribution in [-0.4, -0.2) is 89.1 Å². The molecule has 0 N–H and O–H groups in total. The molecular formula is C7H4AuCs2N4O3S2. The van der Waals surface area contributed by atoms with E-state index in [0.29, 0.717) is 4.90 Å². The number of hydrogen-bond donors (Lipinski definition) is 0. The third-order valence-electron chi connectivity index (χ3n) is 1.68. The maximum atomic E-state index is 9.61. The molecule has 0 aliphatic rings. The van der Waals surface area contributed by atoms with Gasteiger partial charge in [0.15, 0.2) is 0 Å². The second kappa shape index (κ2) is 14.0. The van der Waals surface area contributed by atoms with Crippen molar-refractivity contribution in [1.82, 2.24) is 20.2 Å². The third kappa shape index (κ3) is 8.30. The molecule has 12 heteroatoms. The SMILES string of the molecule is [Au+].[Cs+].[Cs].[O-]OOSc1ccc(-n2nnnc2[S-])cc1. The number of benzene rings is 1. The monoisotopic (exact) mass is 719 g/mol. The van der Waals surface area contributed by atoms with Crippen molar-refractivity contribution in [3.63, 3.8) is 0 Å². The van der Waals surface area contributed by atoms with Crippen molar-refractivity contribution in [3.8, 4) is 5.69 Å². The molecule has 1 heterocycles. The minimum atomic E-state index is 0. The predicted molar refractivity (Wildman–Crippen MR) is 58.6 cm³/mol. The van der Waals surface area contributed by atoms with E-state index in [9.17, 15) is 5.26 Å². The van der Waals surface area contributed by atoms with Crippen molar-refractivity contribution < 1.29 is 106 Å². The number of rotatable bonds is 4. The number of hydrogen-bond acceptors (Lipinski definition) is 8. The van der Waals surface area contributed by atoms with Crippen LogP contribution in [0.1, 0.15) is 0 Å². The molecule has 0 spiro atoms. The van der Waals surface area contributed by atoms with Crippen LogP contribution < -0.4 is 74.2 Å². The van der Waals surface area contributed by atoms with Crippen LogP contribution in [0.25, 0.3) is 5.69 Å². The Morgan fingerprint density at radius 2 is 1.89 bits per heavy atom. The topological polar surface area (TPSA) is 85.1 Å². The summed E-state index contributed by atoms with van der Waals surface area (Å²) >= 11 is 5.71. The summed E-state index contributed by atoms with van der Waals surface area (Å²) in [5, 5.41) is 23.9. The average Bonchev–Trinajstić information content (AvgIpc) is 2.74. The number of aromatic nitrogens is 4. The normalized spacial score (nSPS) is 8.89. The minimum Gasteiger partial charge on any atom is -0.738 e. The Balaban J connectivity index is 0. The standard InChI is InChI=1S/C7H6N4O3S2.Au.2Cs/c12-13-14-16-6-3-1-5(2-4-6)11-7(15)8-9-10-11;;;/h1-4,12H,(H,8,10,15);;;/q;+1;;+1/p-2. The minimum absolute atomic E-state index is 0. The molecule has 0 bridgehead atoms. The van der Waals surface area contributed by atoms with Crippen molar-refractivity contribution in [3.05, 3.63) is 24.3 Å². The quantitative estimate of drug-likeness (QED) is 0.106. The number of tetrazole rings is 1. The molecule has 0 saturated heterocycles. The van der Waals surface area contributed by atoms with Crippen LogP contribution in [0, 0.1) is 0 Å². The second-order valence-corrected chi connectivity index (χ2v) is 3.73. The van der Waals surface area contributed by atoms with E-state index in [1.54, 1.807) is 24.3 Å². The van der Waals surface area contributed by atoms with Gasteiger partial charge in [-0.25, -0.2) is 4.68 Å². The van der Waals surface area contributed by atoms with Crippen molar-refractivity contribution in [1.29, 1.82) is 0 Å². The zero-order valence-electron chi connectivity index (χ0n) is 9.94. The second-order valence-electron chi connectivity index (χ2n) is 2.59. The first kappa shape index (κ1) is 24.8. The van der Waals surface area contributed by atoms with Crippen LogP contribution in [0.4, 0.5) is 0 Å². The first-order valence-corrected chi connectivity index (χ1v) is 5.15. The van der Waals surface area contributed by atoms with Gasteiger partial charge >= 0.3 is 91.3 Å². The van der Waals surface area contributed by atoms with Crippen molar-refractivity contribution in [2.45, 2.75) is 10.1 Å². The molecule has 0 fully saturated rings. The molecule has 0 atom stereocenters. The third-order valence-corrected chi connectivity index (χ3v) is 2.52. The Morgan fingerprint density at radius 3 is 2.37 bits per heavy atom. The molecule has 2 aromatic rings. The summed E-state index contributed by atoms with van der Waals surface area (Å²) in [7, 11) is 0. The predicted octanol–water partition coefficient (Wildman–Crippen LogP) is -3.58. The van der Waals surface area contributed by atoms with E-state index in [1.165, 1.54) is 4.68 Å². The van der Waals surface area contributed by atoms with Gasteiger partial charge in [0, 0.05) is 78.9 Å². The van der Waals surface area contributed by atoms with Crippen LogP contribution in [0.2, 0.25) is 0 Å². The molecule has 19 heavy (non-hydrogen) atoms. The molecule has 95 valence electrons. The van der Waals surface area contributed by atoms with Crippen LogP contribution in [0.15, 0.2) is 34.3 Å². The summed E-state index contributed by atoms with van der Waals surface area (Å²) in [4.78, 5) is 0.707. The summed E-state index contributed by atoms with van der Waals surface area (Å²) in [6.07, 6.45) is 0. The van der Waals surface area contributed by atoms with Gasteiger partial charge in [-0.05, 0) is 34.7 Å². The summed E-state index contributed by atoms with van der Waals surface area (Å²) in [5.41, 5.74) is 0.724. The Morgan fingerprint density at radius 1 is 1.26 bits per heavy atom. The molecule has 7 nitrogen and oxygen atoms in total. The Bertz CT molecular complexity index is 476. The van der Waals surface area contributed by atoms with E-state index in [4.69, 9.17) is 12.6 Å². The van der Waals surface area contributed by atoms with Crippen LogP contribution in [0.3, 0.4) is 0 Å². The molecule has 2 rings (SSSR count). The molecule has 0 saturated carbocycles. The van der Waals surface area contributed by atoms with E-state index >= 15 is 0 Å². The van der Waals surface area contributed by atoms with Crippen molar-refractivity contribution in [2.75, 3.05) is 0 Å². The zero-order chi connectivity index (χ0) is 11.4. The summed E-state index contributed by atoms with van der Waals surface area (Å²) in [6.45, 7) is 0. The fourth-order valence-electron chi connectivity index (χ4n) is 1.04. The largest absolute Gasteiger partial charge is 1.00 e. The number of nitrogens with zero attached hydrogens (tertiary/aromatic N) is 4. The smallest absolute Gasteiger partial charge is 0.738 e. The van der Waals surface area contributed by atoms with Gasteiger partial charge in [-0.1, -0.05) is 0 Å².